The SMILES string of the molecule is Nc1ccc2c(c1)nc(C1CC1)n2CCn1ccnn1. The van der Waals surface area contributed by atoms with Crippen LogP contribution >= 0.6 is 0 Å². The number of rotatable bonds is 4. The van der Waals surface area contributed by atoms with Crippen LogP contribution in [0.5, 0.6) is 0 Å². The number of anilines is 1. The molecule has 102 valence electrons. The van der Waals surface area contributed by atoms with Crippen LogP contribution in [-0.4, -0.2) is 24.5 Å². The normalized spacial score (nSPS) is 15.0. The summed E-state index contributed by atoms with van der Waals surface area (Å²) in [5.41, 5.74) is 8.76. The minimum atomic E-state index is 0.611. The van der Waals surface area contributed by atoms with Gasteiger partial charge in [0.25, 0.3) is 0 Å². The summed E-state index contributed by atoms with van der Waals surface area (Å²) in [6, 6.07) is 5.95. The summed E-state index contributed by atoms with van der Waals surface area (Å²) in [4.78, 5) is 4.77. The molecule has 0 saturated heterocycles. The van der Waals surface area contributed by atoms with Gasteiger partial charge in [-0.3, -0.25) is 4.68 Å². The molecule has 6 heteroatoms. The molecule has 2 heterocycles. The predicted octanol–water partition coefficient (Wildman–Crippen LogP) is 1.79. The van der Waals surface area contributed by atoms with Crippen molar-refractivity contribution in [3.05, 3.63) is 36.4 Å². The summed E-state index contributed by atoms with van der Waals surface area (Å²) in [6.45, 7) is 1.66. The van der Waals surface area contributed by atoms with Gasteiger partial charge in [0.1, 0.15) is 5.82 Å². The number of hydrogen-bond acceptors (Lipinski definition) is 4. The summed E-state index contributed by atoms with van der Waals surface area (Å²) >= 11 is 0. The lowest BCUT2D eigenvalue weighted by Gasteiger charge is -2.08. The van der Waals surface area contributed by atoms with Gasteiger partial charge in [0.15, 0.2) is 0 Å². The van der Waals surface area contributed by atoms with Crippen LogP contribution in [0.4, 0.5) is 5.69 Å². The van der Waals surface area contributed by atoms with E-state index in [2.05, 4.69) is 20.9 Å². The van der Waals surface area contributed by atoms with E-state index in [9.17, 15) is 0 Å². The van der Waals surface area contributed by atoms with Gasteiger partial charge in [0, 0.05) is 24.3 Å². The molecular weight excluding hydrogens is 252 g/mol. The Morgan fingerprint density at radius 1 is 1.25 bits per heavy atom. The number of nitrogens with two attached hydrogens (primary N) is 1. The fourth-order valence-electron chi connectivity index (χ4n) is 2.61. The maximum absolute atomic E-state index is 5.85. The fraction of sp³-hybridized carbons (Fsp3) is 0.357. The van der Waals surface area contributed by atoms with E-state index in [0.29, 0.717) is 5.92 Å². The van der Waals surface area contributed by atoms with Crippen molar-refractivity contribution in [2.75, 3.05) is 5.73 Å². The van der Waals surface area contributed by atoms with Crippen molar-refractivity contribution in [2.45, 2.75) is 31.8 Å². The lowest BCUT2D eigenvalue weighted by atomic mass is 10.3. The van der Waals surface area contributed by atoms with E-state index < -0.39 is 0 Å². The monoisotopic (exact) mass is 268 g/mol. The van der Waals surface area contributed by atoms with Crippen molar-refractivity contribution in [1.29, 1.82) is 0 Å². The molecule has 6 nitrogen and oxygen atoms in total. The first kappa shape index (κ1) is 11.5. The quantitative estimate of drug-likeness (QED) is 0.732. The zero-order valence-electron chi connectivity index (χ0n) is 11.1. The highest BCUT2D eigenvalue weighted by molar-refractivity contribution is 5.79. The van der Waals surface area contributed by atoms with E-state index in [1.54, 1.807) is 6.20 Å². The van der Waals surface area contributed by atoms with Gasteiger partial charge in [-0.2, -0.15) is 0 Å². The minimum Gasteiger partial charge on any atom is -0.399 e. The number of hydrogen-bond donors (Lipinski definition) is 1. The van der Waals surface area contributed by atoms with E-state index >= 15 is 0 Å². The highest BCUT2D eigenvalue weighted by atomic mass is 15.4. The number of nitrogen functional groups attached to an aromatic ring is 1. The summed E-state index contributed by atoms with van der Waals surface area (Å²) in [5, 5.41) is 7.85. The van der Waals surface area contributed by atoms with Gasteiger partial charge >= 0.3 is 0 Å². The van der Waals surface area contributed by atoms with Gasteiger partial charge < -0.3 is 10.3 Å². The van der Waals surface area contributed by atoms with Crippen LogP contribution in [0.2, 0.25) is 0 Å². The van der Waals surface area contributed by atoms with Crippen molar-refractivity contribution in [3.8, 4) is 0 Å². The first-order valence-electron chi connectivity index (χ1n) is 6.91. The third-order valence-corrected chi connectivity index (χ3v) is 3.77. The van der Waals surface area contributed by atoms with Crippen molar-refractivity contribution >= 4 is 16.7 Å². The number of nitrogens with zero attached hydrogens (tertiary/aromatic N) is 5. The molecule has 2 N–H and O–H groups in total. The molecule has 0 radical (unpaired) electrons. The molecule has 0 unspecified atom stereocenters. The van der Waals surface area contributed by atoms with Crippen molar-refractivity contribution in [2.24, 2.45) is 0 Å². The Hall–Kier alpha value is -2.37. The lowest BCUT2D eigenvalue weighted by molar-refractivity contribution is 0.515. The van der Waals surface area contributed by atoms with E-state index in [0.717, 1.165) is 29.8 Å². The van der Waals surface area contributed by atoms with Gasteiger partial charge in [0.2, 0.25) is 0 Å². The molecule has 0 aliphatic heterocycles. The molecule has 1 aliphatic carbocycles. The van der Waals surface area contributed by atoms with Crippen LogP contribution in [0.3, 0.4) is 0 Å². The van der Waals surface area contributed by atoms with Gasteiger partial charge in [-0.25, -0.2) is 4.98 Å². The molecule has 0 spiro atoms. The predicted molar refractivity (Wildman–Crippen MR) is 76.1 cm³/mol. The topological polar surface area (TPSA) is 74.5 Å². The van der Waals surface area contributed by atoms with E-state index in [1.807, 2.05) is 23.0 Å². The third-order valence-electron chi connectivity index (χ3n) is 3.77. The maximum atomic E-state index is 5.85. The fourth-order valence-corrected chi connectivity index (χ4v) is 2.61. The summed E-state index contributed by atoms with van der Waals surface area (Å²) in [7, 11) is 0. The van der Waals surface area contributed by atoms with Crippen LogP contribution in [0.25, 0.3) is 11.0 Å². The van der Waals surface area contributed by atoms with Gasteiger partial charge in [-0.1, -0.05) is 5.21 Å². The van der Waals surface area contributed by atoms with Crippen molar-refractivity contribution < 1.29 is 0 Å². The van der Waals surface area contributed by atoms with Crippen LogP contribution in [0, 0.1) is 0 Å². The molecule has 0 atom stereocenters. The number of aryl methyl sites for hydroxylation is 2. The minimum absolute atomic E-state index is 0.611. The molecule has 1 saturated carbocycles. The maximum Gasteiger partial charge on any atom is 0.113 e. The average molecular weight is 268 g/mol. The van der Waals surface area contributed by atoms with Crippen LogP contribution < -0.4 is 5.73 Å². The first-order chi connectivity index (χ1) is 9.81. The number of imidazole rings is 1. The second-order valence-electron chi connectivity index (χ2n) is 5.31. The van der Waals surface area contributed by atoms with E-state index in [4.69, 9.17) is 10.7 Å². The molecule has 4 rings (SSSR count). The molecule has 1 aromatic carbocycles. The first-order valence-corrected chi connectivity index (χ1v) is 6.91. The smallest absolute Gasteiger partial charge is 0.113 e. The Morgan fingerprint density at radius 2 is 2.15 bits per heavy atom. The Balaban J connectivity index is 1.73. The summed E-state index contributed by atoms with van der Waals surface area (Å²) < 4.78 is 4.15. The molecule has 1 aliphatic rings. The summed E-state index contributed by atoms with van der Waals surface area (Å²) in [5.74, 6) is 1.80. The standard InChI is InChI=1S/C14H16N6/c15-11-3-4-13-12(9-11)17-14(10-1-2-10)20(13)8-7-19-6-5-16-18-19/h3-6,9-10H,1-2,7-8,15H2. The Kier molecular flexibility index (Phi) is 2.48. The zero-order valence-corrected chi connectivity index (χ0v) is 11.1. The molecular formula is C14H16N6. The second-order valence-corrected chi connectivity index (χ2v) is 5.31. The van der Waals surface area contributed by atoms with Crippen LogP contribution in [0.1, 0.15) is 24.6 Å². The van der Waals surface area contributed by atoms with Crippen LogP contribution in [-0.2, 0) is 13.1 Å². The summed E-state index contributed by atoms with van der Waals surface area (Å²) in [6.07, 6.45) is 6.06. The zero-order chi connectivity index (χ0) is 13.5. The van der Waals surface area contributed by atoms with Crippen LogP contribution in [0.15, 0.2) is 30.6 Å². The van der Waals surface area contributed by atoms with Gasteiger partial charge in [-0.05, 0) is 31.0 Å². The van der Waals surface area contributed by atoms with Crippen molar-refractivity contribution in [3.63, 3.8) is 0 Å². The average Bonchev–Trinajstić information content (AvgIpc) is 3.03. The molecule has 1 fully saturated rings. The largest absolute Gasteiger partial charge is 0.399 e. The molecule has 0 amide bonds. The molecule has 20 heavy (non-hydrogen) atoms. The Bertz CT molecular complexity index is 738. The third kappa shape index (κ3) is 1.93. The molecule has 2 aromatic heterocycles. The number of fused-ring (bicyclic) bond motifs is 1. The molecule has 0 bridgehead atoms. The number of aromatic nitrogens is 5. The number of benzene rings is 1. The molecule has 3 aromatic rings. The second kappa shape index (κ2) is 4.33. The Morgan fingerprint density at radius 3 is 2.90 bits per heavy atom. The van der Waals surface area contributed by atoms with Crippen molar-refractivity contribution in [1.82, 2.24) is 24.5 Å². The highest BCUT2D eigenvalue weighted by Gasteiger charge is 2.29. The van der Waals surface area contributed by atoms with E-state index in [-0.39, 0.29) is 0 Å². The van der Waals surface area contributed by atoms with Gasteiger partial charge in [-0.15, -0.1) is 5.10 Å². The Labute approximate surface area is 116 Å². The van der Waals surface area contributed by atoms with Gasteiger partial charge in [0.05, 0.1) is 23.8 Å². The lowest BCUT2D eigenvalue weighted by Crippen LogP contribution is -2.10. The highest BCUT2D eigenvalue weighted by Crippen LogP contribution is 2.40. The van der Waals surface area contributed by atoms with E-state index in [1.165, 1.54) is 18.7 Å².